The summed E-state index contributed by atoms with van der Waals surface area (Å²) in [6, 6.07) is 15.2. The van der Waals surface area contributed by atoms with Gasteiger partial charge in [0.25, 0.3) is 0 Å². The molecule has 0 aliphatic rings. The number of hydrogen-bond donors (Lipinski definition) is 1. The van der Waals surface area contributed by atoms with Crippen LogP contribution in [0.4, 0.5) is 0 Å². The van der Waals surface area contributed by atoms with Crippen LogP contribution in [0.3, 0.4) is 0 Å². The first-order valence-corrected chi connectivity index (χ1v) is 10.2. The fourth-order valence-corrected chi connectivity index (χ4v) is 3.29. The lowest BCUT2D eigenvalue weighted by Crippen LogP contribution is -2.47. The summed E-state index contributed by atoms with van der Waals surface area (Å²) >= 11 is 6.08. The van der Waals surface area contributed by atoms with Gasteiger partial charge in [0.1, 0.15) is 6.04 Å². The van der Waals surface area contributed by atoms with Crippen molar-refractivity contribution in [2.24, 2.45) is 0 Å². The molecule has 2 rings (SSSR count). The zero-order valence-electron chi connectivity index (χ0n) is 16.9. The number of halogens is 1. The molecule has 0 aromatic heterocycles. The van der Waals surface area contributed by atoms with Gasteiger partial charge in [-0.25, -0.2) is 0 Å². The highest BCUT2D eigenvalue weighted by Gasteiger charge is 2.25. The molecular formula is C23H29ClN2O2. The highest BCUT2D eigenvalue weighted by molar-refractivity contribution is 6.30. The summed E-state index contributed by atoms with van der Waals surface area (Å²) in [5, 5.41) is 3.42. The van der Waals surface area contributed by atoms with Crippen LogP contribution >= 0.6 is 11.6 Å². The van der Waals surface area contributed by atoms with E-state index in [1.807, 2.05) is 25.1 Å². The smallest absolute Gasteiger partial charge is 0.242 e. The van der Waals surface area contributed by atoms with E-state index < -0.39 is 6.04 Å². The first-order chi connectivity index (χ1) is 13.4. The number of amides is 2. The van der Waals surface area contributed by atoms with Crippen LogP contribution in [-0.2, 0) is 29.0 Å². The second-order valence-electron chi connectivity index (χ2n) is 6.89. The quantitative estimate of drug-likeness (QED) is 0.678. The number of benzene rings is 2. The number of nitrogens with one attached hydrogen (secondary N) is 1. The molecule has 0 saturated heterocycles. The normalized spacial score (nSPS) is 11.7. The van der Waals surface area contributed by atoms with Gasteiger partial charge >= 0.3 is 0 Å². The van der Waals surface area contributed by atoms with E-state index in [0.29, 0.717) is 31.0 Å². The number of aryl methyl sites for hydroxylation is 2. The van der Waals surface area contributed by atoms with E-state index in [9.17, 15) is 9.59 Å². The van der Waals surface area contributed by atoms with E-state index in [4.69, 9.17) is 11.6 Å². The summed E-state index contributed by atoms with van der Waals surface area (Å²) in [4.78, 5) is 27.0. The van der Waals surface area contributed by atoms with E-state index in [-0.39, 0.29) is 11.8 Å². The van der Waals surface area contributed by atoms with Crippen molar-refractivity contribution in [1.29, 1.82) is 0 Å². The van der Waals surface area contributed by atoms with Crippen molar-refractivity contribution in [2.45, 2.75) is 52.6 Å². The maximum atomic E-state index is 13.0. The Balaban J connectivity index is 2.11. The summed E-state index contributed by atoms with van der Waals surface area (Å²) in [5.74, 6) is -0.191. The summed E-state index contributed by atoms with van der Waals surface area (Å²) in [6.45, 7) is 6.64. The molecule has 4 nitrogen and oxygen atoms in total. The molecule has 0 heterocycles. The van der Waals surface area contributed by atoms with Gasteiger partial charge in [0.2, 0.25) is 11.8 Å². The zero-order chi connectivity index (χ0) is 20.5. The van der Waals surface area contributed by atoms with Crippen LogP contribution in [0.15, 0.2) is 48.5 Å². The lowest BCUT2D eigenvalue weighted by molar-refractivity contribution is -0.140. The fourth-order valence-electron chi connectivity index (χ4n) is 3.07. The predicted molar refractivity (Wildman–Crippen MR) is 114 cm³/mol. The summed E-state index contributed by atoms with van der Waals surface area (Å²) in [5.41, 5.74) is 3.31. The molecule has 0 spiro atoms. The molecule has 2 amide bonds. The minimum Gasteiger partial charge on any atom is -0.355 e. The van der Waals surface area contributed by atoms with Gasteiger partial charge in [0.15, 0.2) is 0 Å². The average Bonchev–Trinajstić information content (AvgIpc) is 2.70. The topological polar surface area (TPSA) is 49.4 Å². The van der Waals surface area contributed by atoms with Crippen LogP contribution in [-0.4, -0.2) is 29.3 Å². The van der Waals surface area contributed by atoms with Gasteiger partial charge < -0.3 is 10.2 Å². The molecule has 0 unspecified atom stereocenters. The van der Waals surface area contributed by atoms with Crippen LogP contribution in [0.1, 0.15) is 43.9 Å². The Kier molecular flexibility index (Phi) is 8.52. The first-order valence-electron chi connectivity index (χ1n) is 9.84. The Labute approximate surface area is 172 Å². The molecule has 1 N–H and O–H groups in total. The molecule has 2 aromatic rings. The molecule has 0 aliphatic heterocycles. The lowest BCUT2D eigenvalue weighted by atomic mass is 10.0. The molecule has 1 atom stereocenters. The third kappa shape index (κ3) is 6.38. The summed E-state index contributed by atoms with van der Waals surface area (Å²) in [7, 11) is 0. The van der Waals surface area contributed by atoms with Gasteiger partial charge in [-0.2, -0.15) is 0 Å². The van der Waals surface area contributed by atoms with Crippen molar-refractivity contribution in [3.8, 4) is 0 Å². The summed E-state index contributed by atoms with van der Waals surface area (Å²) < 4.78 is 0. The number of nitrogens with zero attached hydrogens (tertiary/aromatic N) is 1. The van der Waals surface area contributed by atoms with Crippen molar-refractivity contribution in [2.75, 3.05) is 6.54 Å². The Morgan fingerprint density at radius 3 is 2.32 bits per heavy atom. The Hall–Kier alpha value is -2.33. The van der Waals surface area contributed by atoms with Crippen LogP contribution < -0.4 is 5.32 Å². The molecular weight excluding hydrogens is 372 g/mol. The number of carbonyl (C=O) groups excluding carboxylic acids is 2. The third-order valence-electron chi connectivity index (χ3n) is 4.82. The standard InChI is InChI=1S/C23H29ClN2O2/c1-4-18-9-11-19(12-10-18)13-14-22(27)26(17(3)23(28)25-5-2)16-20-7-6-8-21(24)15-20/h6-12,15,17H,4-5,13-14,16H2,1-3H3,(H,25,28)/t17-/m1/s1. The van der Waals surface area contributed by atoms with Crippen LogP contribution in [0.25, 0.3) is 0 Å². The van der Waals surface area contributed by atoms with Gasteiger partial charge in [-0.3, -0.25) is 9.59 Å². The van der Waals surface area contributed by atoms with E-state index >= 15 is 0 Å². The van der Waals surface area contributed by atoms with E-state index in [2.05, 4.69) is 36.5 Å². The lowest BCUT2D eigenvalue weighted by Gasteiger charge is -2.29. The minimum atomic E-state index is -0.547. The number of hydrogen-bond acceptors (Lipinski definition) is 2. The highest BCUT2D eigenvalue weighted by Crippen LogP contribution is 2.16. The second kappa shape index (κ2) is 10.9. The number of likely N-dealkylation sites (N-methyl/N-ethyl adjacent to an activating group) is 1. The first kappa shape index (κ1) is 22.0. The fraction of sp³-hybridized carbons (Fsp3) is 0.391. The van der Waals surface area contributed by atoms with E-state index in [1.165, 1.54) is 5.56 Å². The maximum Gasteiger partial charge on any atom is 0.242 e. The van der Waals surface area contributed by atoms with Crippen molar-refractivity contribution in [3.05, 3.63) is 70.2 Å². The van der Waals surface area contributed by atoms with E-state index in [0.717, 1.165) is 17.5 Å². The third-order valence-corrected chi connectivity index (χ3v) is 5.05. The van der Waals surface area contributed by atoms with Crippen LogP contribution in [0.2, 0.25) is 5.02 Å². The van der Waals surface area contributed by atoms with Crippen molar-refractivity contribution in [3.63, 3.8) is 0 Å². The molecule has 0 aliphatic carbocycles. The molecule has 5 heteroatoms. The predicted octanol–water partition coefficient (Wildman–Crippen LogP) is 4.39. The SMILES string of the molecule is CCNC(=O)[C@@H](C)N(Cc1cccc(Cl)c1)C(=O)CCc1ccc(CC)cc1. The molecule has 0 fully saturated rings. The number of rotatable bonds is 9. The Bertz CT molecular complexity index is 789. The molecule has 0 radical (unpaired) electrons. The van der Waals surface area contributed by atoms with Crippen LogP contribution in [0, 0.1) is 0 Å². The monoisotopic (exact) mass is 400 g/mol. The zero-order valence-corrected chi connectivity index (χ0v) is 17.6. The minimum absolute atomic E-state index is 0.0432. The molecule has 28 heavy (non-hydrogen) atoms. The molecule has 0 saturated carbocycles. The maximum absolute atomic E-state index is 13.0. The van der Waals surface area contributed by atoms with Gasteiger partial charge in [-0.05, 0) is 55.5 Å². The Morgan fingerprint density at radius 2 is 1.71 bits per heavy atom. The molecule has 2 aromatic carbocycles. The van der Waals surface area contributed by atoms with Crippen molar-refractivity contribution < 1.29 is 9.59 Å². The number of carbonyl (C=O) groups is 2. The van der Waals surface area contributed by atoms with Gasteiger partial charge in [0, 0.05) is 24.5 Å². The Morgan fingerprint density at radius 1 is 1.04 bits per heavy atom. The summed E-state index contributed by atoms with van der Waals surface area (Å²) in [6.07, 6.45) is 2.00. The van der Waals surface area contributed by atoms with Crippen molar-refractivity contribution in [1.82, 2.24) is 10.2 Å². The van der Waals surface area contributed by atoms with Crippen molar-refractivity contribution >= 4 is 23.4 Å². The molecule has 150 valence electrons. The van der Waals surface area contributed by atoms with Gasteiger partial charge in [-0.15, -0.1) is 0 Å². The molecule has 0 bridgehead atoms. The second-order valence-corrected chi connectivity index (χ2v) is 7.33. The van der Waals surface area contributed by atoms with E-state index in [1.54, 1.807) is 17.9 Å². The van der Waals surface area contributed by atoms with Gasteiger partial charge in [0.05, 0.1) is 0 Å². The largest absolute Gasteiger partial charge is 0.355 e. The average molecular weight is 401 g/mol. The van der Waals surface area contributed by atoms with Crippen LogP contribution in [0.5, 0.6) is 0 Å². The highest BCUT2D eigenvalue weighted by atomic mass is 35.5. The van der Waals surface area contributed by atoms with Gasteiger partial charge in [-0.1, -0.05) is 54.9 Å².